The van der Waals surface area contributed by atoms with E-state index in [1.54, 1.807) is 19.1 Å². The highest BCUT2D eigenvalue weighted by molar-refractivity contribution is 14.1. The molecule has 1 N–H and O–H groups in total. The first-order valence-corrected chi connectivity index (χ1v) is 7.49. The molecule has 1 aromatic rings. The zero-order valence-electron chi connectivity index (χ0n) is 11.1. The molecular weight excluding hydrogens is 373 g/mol. The van der Waals surface area contributed by atoms with Gasteiger partial charge in [-0.3, -0.25) is 9.59 Å². The highest BCUT2D eigenvalue weighted by Crippen LogP contribution is 2.16. The molecule has 5 nitrogen and oxygen atoms in total. The number of amides is 1. The maximum Gasteiger partial charge on any atom is 0.312 e. The first kappa shape index (κ1) is 15.2. The van der Waals surface area contributed by atoms with Crippen LogP contribution in [0.2, 0.25) is 0 Å². The second kappa shape index (κ2) is 7.03. The molecule has 2 atom stereocenters. The molecule has 1 fully saturated rings. The fraction of sp³-hybridized carbons (Fsp3) is 0.429. The van der Waals surface area contributed by atoms with E-state index in [1.165, 1.54) is 0 Å². The zero-order valence-corrected chi connectivity index (χ0v) is 13.3. The van der Waals surface area contributed by atoms with Gasteiger partial charge in [0.05, 0.1) is 12.5 Å². The van der Waals surface area contributed by atoms with Crippen molar-refractivity contribution < 1.29 is 19.1 Å². The molecule has 0 bridgehead atoms. The quantitative estimate of drug-likeness (QED) is 0.634. The molecule has 0 spiro atoms. The van der Waals surface area contributed by atoms with Gasteiger partial charge in [0.15, 0.2) is 6.10 Å². The van der Waals surface area contributed by atoms with Crippen LogP contribution in [-0.4, -0.2) is 31.2 Å². The molecule has 1 aromatic carbocycles. The summed E-state index contributed by atoms with van der Waals surface area (Å²) < 4.78 is 11.4. The van der Waals surface area contributed by atoms with E-state index >= 15 is 0 Å². The van der Waals surface area contributed by atoms with Crippen molar-refractivity contribution in [2.45, 2.75) is 19.4 Å². The minimum atomic E-state index is -0.817. The highest BCUT2D eigenvalue weighted by atomic mass is 127. The Balaban J connectivity index is 1.85. The second-order valence-electron chi connectivity index (χ2n) is 4.64. The number of carbonyl (C=O) groups is 2. The highest BCUT2D eigenvalue weighted by Gasteiger charge is 2.28. The summed E-state index contributed by atoms with van der Waals surface area (Å²) in [6.07, 6.45) is -0.160. The summed E-state index contributed by atoms with van der Waals surface area (Å²) in [6, 6.07) is 7.39. The summed E-state index contributed by atoms with van der Waals surface area (Å²) in [7, 11) is 0. The smallest absolute Gasteiger partial charge is 0.312 e. The molecule has 0 aromatic heterocycles. The van der Waals surface area contributed by atoms with Gasteiger partial charge in [-0.2, -0.15) is 0 Å². The molecule has 1 saturated heterocycles. The van der Waals surface area contributed by atoms with Crippen molar-refractivity contribution in [3.8, 4) is 0 Å². The predicted octanol–water partition coefficient (Wildman–Crippen LogP) is 2.20. The predicted molar refractivity (Wildman–Crippen MR) is 82.3 cm³/mol. The summed E-state index contributed by atoms with van der Waals surface area (Å²) in [5.74, 6) is -0.949. The van der Waals surface area contributed by atoms with Crippen molar-refractivity contribution in [2.24, 2.45) is 5.92 Å². The molecule has 1 heterocycles. The van der Waals surface area contributed by atoms with Gasteiger partial charge in [0, 0.05) is 15.9 Å². The summed E-state index contributed by atoms with van der Waals surface area (Å²) in [4.78, 5) is 23.7. The lowest BCUT2D eigenvalue weighted by molar-refractivity contribution is -0.157. The van der Waals surface area contributed by atoms with E-state index in [2.05, 4.69) is 27.9 Å². The Morgan fingerprint density at radius 3 is 2.70 bits per heavy atom. The van der Waals surface area contributed by atoms with Gasteiger partial charge in [0.1, 0.15) is 0 Å². The molecule has 1 aliphatic rings. The molecule has 108 valence electrons. The summed E-state index contributed by atoms with van der Waals surface area (Å²) in [5, 5.41) is 2.71. The average Bonchev–Trinajstić information content (AvgIpc) is 2.95. The van der Waals surface area contributed by atoms with Crippen LogP contribution in [0.5, 0.6) is 0 Å². The van der Waals surface area contributed by atoms with Crippen molar-refractivity contribution in [3.05, 3.63) is 27.8 Å². The number of halogens is 1. The fourth-order valence-corrected chi connectivity index (χ4v) is 2.18. The SMILES string of the molecule is CC(OC(=O)C1CCOC1)C(=O)Nc1ccc(I)cc1. The van der Waals surface area contributed by atoms with E-state index in [0.29, 0.717) is 25.3 Å². The van der Waals surface area contributed by atoms with Crippen molar-refractivity contribution >= 4 is 40.2 Å². The van der Waals surface area contributed by atoms with E-state index in [1.807, 2.05) is 12.1 Å². The molecule has 1 aliphatic heterocycles. The number of hydrogen-bond donors (Lipinski definition) is 1. The minimum absolute atomic E-state index is 0.247. The van der Waals surface area contributed by atoms with Gasteiger partial charge >= 0.3 is 5.97 Å². The number of carbonyl (C=O) groups excluding carboxylic acids is 2. The fourth-order valence-electron chi connectivity index (χ4n) is 1.82. The zero-order chi connectivity index (χ0) is 14.5. The van der Waals surface area contributed by atoms with Crippen LogP contribution in [0.25, 0.3) is 0 Å². The number of esters is 1. The lowest BCUT2D eigenvalue weighted by Crippen LogP contribution is -2.32. The summed E-state index contributed by atoms with van der Waals surface area (Å²) in [5.41, 5.74) is 0.683. The Bertz CT molecular complexity index is 482. The van der Waals surface area contributed by atoms with E-state index < -0.39 is 6.10 Å². The molecule has 0 aliphatic carbocycles. The van der Waals surface area contributed by atoms with Gasteiger partial charge in [0.25, 0.3) is 5.91 Å². The maximum absolute atomic E-state index is 11.9. The van der Waals surface area contributed by atoms with Gasteiger partial charge in [-0.05, 0) is 60.2 Å². The van der Waals surface area contributed by atoms with Gasteiger partial charge in [0.2, 0.25) is 0 Å². The molecule has 1 amide bonds. The number of hydrogen-bond acceptors (Lipinski definition) is 4. The Labute approximate surface area is 131 Å². The second-order valence-corrected chi connectivity index (χ2v) is 5.88. The first-order chi connectivity index (χ1) is 9.56. The molecule has 0 radical (unpaired) electrons. The summed E-state index contributed by atoms with van der Waals surface area (Å²) >= 11 is 2.19. The van der Waals surface area contributed by atoms with Gasteiger partial charge in [-0.15, -0.1) is 0 Å². The van der Waals surface area contributed by atoms with E-state index in [4.69, 9.17) is 9.47 Å². The molecular formula is C14H16INO4. The van der Waals surface area contributed by atoms with Crippen molar-refractivity contribution in [3.63, 3.8) is 0 Å². The molecule has 20 heavy (non-hydrogen) atoms. The van der Waals surface area contributed by atoms with E-state index in [-0.39, 0.29) is 17.8 Å². The van der Waals surface area contributed by atoms with Crippen LogP contribution in [0.4, 0.5) is 5.69 Å². The Hall–Kier alpha value is -1.15. The summed E-state index contributed by atoms with van der Waals surface area (Å²) in [6.45, 7) is 2.52. The number of rotatable bonds is 4. The topological polar surface area (TPSA) is 64.6 Å². The van der Waals surface area contributed by atoms with Crippen LogP contribution in [-0.2, 0) is 19.1 Å². The Morgan fingerprint density at radius 1 is 1.40 bits per heavy atom. The maximum atomic E-state index is 11.9. The van der Waals surface area contributed by atoms with Crippen molar-refractivity contribution in [1.29, 1.82) is 0 Å². The number of benzene rings is 1. The lowest BCUT2D eigenvalue weighted by Gasteiger charge is -2.15. The first-order valence-electron chi connectivity index (χ1n) is 6.41. The minimum Gasteiger partial charge on any atom is -0.452 e. The van der Waals surface area contributed by atoms with Crippen LogP contribution < -0.4 is 5.32 Å². The third-order valence-corrected chi connectivity index (χ3v) is 3.76. The Kier molecular flexibility index (Phi) is 5.36. The third kappa shape index (κ3) is 4.17. The van der Waals surface area contributed by atoms with E-state index in [0.717, 1.165) is 3.57 Å². The van der Waals surface area contributed by atoms with Crippen molar-refractivity contribution in [2.75, 3.05) is 18.5 Å². The van der Waals surface area contributed by atoms with E-state index in [9.17, 15) is 9.59 Å². The molecule has 2 unspecified atom stereocenters. The number of ether oxygens (including phenoxy) is 2. The standard InChI is InChI=1S/C14H16INO4/c1-9(20-14(18)10-6-7-19-8-10)13(17)16-12-4-2-11(15)3-5-12/h2-5,9-10H,6-8H2,1H3,(H,16,17). The normalized spacial score (nSPS) is 19.4. The number of anilines is 1. The molecule has 0 saturated carbocycles. The Morgan fingerprint density at radius 2 is 2.10 bits per heavy atom. The van der Waals surface area contributed by atoms with Crippen LogP contribution in [0.15, 0.2) is 24.3 Å². The monoisotopic (exact) mass is 389 g/mol. The van der Waals surface area contributed by atoms with Crippen molar-refractivity contribution in [1.82, 2.24) is 0 Å². The number of nitrogens with one attached hydrogen (secondary N) is 1. The van der Waals surface area contributed by atoms with Gasteiger partial charge < -0.3 is 14.8 Å². The largest absolute Gasteiger partial charge is 0.452 e. The third-order valence-electron chi connectivity index (χ3n) is 3.04. The lowest BCUT2D eigenvalue weighted by atomic mass is 10.1. The van der Waals surface area contributed by atoms with Crippen LogP contribution in [0.1, 0.15) is 13.3 Å². The van der Waals surface area contributed by atoms with Gasteiger partial charge in [-0.25, -0.2) is 0 Å². The average molecular weight is 389 g/mol. The molecule has 6 heteroatoms. The van der Waals surface area contributed by atoms with Crippen LogP contribution in [0, 0.1) is 9.49 Å². The van der Waals surface area contributed by atoms with Crippen LogP contribution >= 0.6 is 22.6 Å². The van der Waals surface area contributed by atoms with Crippen LogP contribution in [0.3, 0.4) is 0 Å². The van der Waals surface area contributed by atoms with Gasteiger partial charge in [-0.1, -0.05) is 0 Å². The molecule has 2 rings (SSSR count).